The largest absolute Gasteiger partial charge is 0.465 e. The lowest BCUT2D eigenvalue weighted by Gasteiger charge is -2.02. The highest BCUT2D eigenvalue weighted by atomic mass is 16.5. The van der Waals surface area contributed by atoms with E-state index in [2.05, 4.69) is 26.0 Å². The van der Waals surface area contributed by atoms with Crippen LogP contribution in [0.4, 0.5) is 0 Å². The average Bonchev–Trinajstić information content (AvgIpc) is 2.33. The van der Waals surface area contributed by atoms with Gasteiger partial charge < -0.3 is 4.74 Å². The van der Waals surface area contributed by atoms with Crippen LogP contribution in [0.1, 0.15) is 71.6 Å². The molecule has 0 bridgehead atoms. The van der Waals surface area contributed by atoms with Gasteiger partial charge in [-0.1, -0.05) is 51.7 Å². The van der Waals surface area contributed by atoms with E-state index in [-0.39, 0.29) is 5.97 Å². The summed E-state index contributed by atoms with van der Waals surface area (Å²) in [5.41, 5.74) is 0. The van der Waals surface area contributed by atoms with Gasteiger partial charge in [0.15, 0.2) is 0 Å². The number of esters is 1. The van der Waals surface area contributed by atoms with Crippen LogP contribution in [0.5, 0.6) is 0 Å². The van der Waals surface area contributed by atoms with Crippen molar-refractivity contribution in [1.82, 2.24) is 0 Å². The monoisotopic (exact) mass is 240 g/mol. The molecule has 0 spiro atoms. The molecule has 0 saturated heterocycles. The fraction of sp³-hybridized carbons (Fsp3) is 0.800. The summed E-state index contributed by atoms with van der Waals surface area (Å²) in [6.07, 6.45) is 14.0. The zero-order valence-corrected chi connectivity index (χ0v) is 11.5. The molecular formula is C15H28O2. The maximum Gasteiger partial charge on any atom is 0.305 e. The van der Waals surface area contributed by atoms with E-state index in [1.54, 1.807) is 0 Å². The summed E-state index contributed by atoms with van der Waals surface area (Å²) in [5.74, 6) is -0.0437. The molecule has 0 aromatic heterocycles. The lowest BCUT2D eigenvalue weighted by Crippen LogP contribution is -2.04. The number of ether oxygens (including phenoxy) is 1. The molecule has 0 atom stereocenters. The van der Waals surface area contributed by atoms with E-state index in [0.29, 0.717) is 13.0 Å². The molecule has 0 unspecified atom stereocenters. The van der Waals surface area contributed by atoms with E-state index in [1.165, 1.54) is 19.3 Å². The molecule has 2 nitrogen and oxygen atoms in total. The number of carbonyl (C=O) groups excluding carboxylic acids is 1. The first-order chi connectivity index (χ1) is 8.31. The third-order valence-electron chi connectivity index (χ3n) is 2.67. The van der Waals surface area contributed by atoms with Crippen molar-refractivity contribution >= 4 is 5.97 Å². The van der Waals surface area contributed by atoms with Crippen molar-refractivity contribution in [2.45, 2.75) is 71.6 Å². The third kappa shape index (κ3) is 13.1. The number of unbranched alkanes of at least 4 members (excludes halogenated alkanes) is 5. The Morgan fingerprint density at radius 2 is 1.59 bits per heavy atom. The van der Waals surface area contributed by atoms with Gasteiger partial charge in [0.2, 0.25) is 0 Å². The molecule has 0 rings (SSSR count). The van der Waals surface area contributed by atoms with Crippen molar-refractivity contribution in [1.29, 1.82) is 0 Å². The highest BCUT2D eigenvalue weighted by Gasteiger charge is 2.00. The summed E-state index contributed by atoms with van der Waals surface area (Å²) >= 11 is 0. The van der Waals surface area contributed by atoms with Gasteiger partial charge in [-0.05, 0) is 25.7 Å². The van der Waals surface area contributed by atoms with Crippen molar-refractivity contribution in [2.24, 2.45) is 0 Å². The minimum Gasteiger partial charge on any atom is -0.465 e. The van der Waals surface area contributed by atoms with E-state index in [4.69, 9.17) is 4.74 Å². The first-order valence-corrected chi connectivity index (χ1v) is 7.11. The Balaban J connectivity index is 3.23. The van der Waals surface area contributed by atoms with Crippen LogP contribution in [0, 0.1) is 0 Å². The summed E-state index contributed by atoms with van der Waals surface area (Å²) in [6, 6.07) is 0. The molecule has 100 valence electrons. The molecule has 0 aliphatic heterocycles. The van der Waals surface area contributed by atoms with E-state index >= 15 is 0 Å². The van der Waals surface area contributed by atoms with Crippen LogP contribution in [0.2, 0.25) is 0 Å². The SMILES string of the molecule is CCCCC/C=C\CCOC(=O)CCCCC. The Bertz CT molecular complexity index is 197. The average molecular weight is 240 g/mol. The fourth-order valence-corrected chi connectivity index (χ4v) is 1.58. The Hall–Kier alpha value is -0.790. The molecule has 2 heteroatoms. The fourth-order valence-electron chi connectivity index (χ4n) is 1.58. The molecule has 0 aliphatic carbocycles. The molecule has 17 heavy (non-hydrogen) atoms. The van der Waals surface area contributed by atoms with Crippen LogP contribution in [0.3, 0.4) is 0 Å². The summed E-state index contributed by atoms with van der Waals surface area (Å²) in [5, 5.41) is 0. The minimum absolute atomic E-state index is 0.0437. The molecule has 0 aliphatic rings. The van der Waals surface area contributed by atoms with Gasteiger partial charge in [0, 0.05) is 6.42 Å². The van der Waals surface area contributed by atoms with Gasteiger partial charge in [-0.3, -0.25) is 4.79 Å². The highest BCUT2D eigenvalue weighted by molar-refractivity contribution is 5.69. The molecule has 0 aromatic carbocycles. The number of hydrogen-bond acceptors (Lipinski definition) is 2. The Kier molecular flexibility index (Phi) is 12.7. The lowest BCUT2D eigenvalue weighted by molar-refractivity contribution is -0.143. The van der Waals surface area contributed by atoms with Gasteiger partial charge >= 0.3 is 5.97 Å². The minimum atomic E-state index is -0.0437. The van der Waals surface area contributed by atoms with Crippen molar-refractivity contribution < 1.29 is 9.53 Å². The van der Waals surface area contributed by atoms with Crippen LogP contribution in [-0.2, 0) is 9.53 Å². The first-order valence-electron chi connectivity index (χ1n) is 7.11. The molecule has 0 amide bonds. The second-order valence-corrected chi connectivity index (χ2v) is 4.43. The normalized spacial score (nSPS) is 10.9. The van der Waals surface area contributed by atoms with Crippen LogP contribution >= 0.6 is 0 Å². The van der Waals surface area contributed by atoms with E-state index in [9.17, 15) is 4.79 Å². The standard InChI is InChI=1S/C15H28O2/c1-3-5-7-8-9-10-12-14-17-15(16)13-11-6-4-2/h9-10H,3-8,11-14H2,1-2H3/b10-9-. The topological polar surface area (TPSA) is 26.3 Å². The van der Waals surface area contributed by atoms with Crippen LogP contribution < -0.4 is 0 Å². The summed E-state index contributed by atoms with van der Waals surface area (Å²) < 4.78 is 5.13. The van der Waals surface area contributed by atoms with Gasteiger partial charge in [-0.15, -0.1) is 0 Å². The van der Waals surface area contributed by atoms with Gasteiger partial charge in [0.25, 0.3) is 0 Å². The smallest absolute Gasteiger partial charge is 0.305 e. The van der Waals surface area contributed by atoms with Gasteiger partial charge in [0.05, 0.1) is 6.61 Å². The predicted octanol–water partition coefficient (Wildman–Crippen LogP) is 4.64. The van der Waals surface area contributed by atoms with Crippen LogP contribution in [0.25, 0.3) is 0 Å². The van der Waals surface area contributed by atoms with Crippen LogP contribution in [0.15, 0.2) is 12.2 Å². The second-order valence-electron chi connectivity index (χ2n) is 4.43. The first kappa shape index (κ1) is 16.2. The Morgan fingerprint density at radius 3 is 2.29 bits per heavy atom. The van der Waals surface area contributed by atoms with Crippen molar-refractivity contribution in [2.75, 3.05) is 6.61 Å². The maximum absolute atomic E-state index is 11.2. The number of carbonyl (C=O) groups is 1. The molecule has 0 aromatic rings. The molecule has 0 heterocycles. The quantitative estimate of drug-likeness (QED) is 0.299. The van der Waals surface area contributed by atoms with E-state index < -0.39 is 0 Å². The van der Waals surface area contributed by atoms with E-state index in [1.807, 2.05) is 0 Å². The number of allylic oxidation sites excluding steroid dienone is 1. The Morgan fingerprint density at radius 1 is 0.941 bits per heavy atom. The van der Waals surface area contributed by atoms with Crippen LogP contribution in [-0.4, -0.2) is 12.6 Å². The van der Waals surface area contributed by atoms with Gasteiger partial charge in [-0.25, -0.2) is 0 Å². The summed E-state index contributed by atoms with van der Waals surface area (Å²) in [6.45, 7) is 4.88. The lowest BCUT2D eigenvalue weighted by atomic mass is 10.2. The zero-order chi connectivity index (χ0) is 12.8. The highest BCUT2D eigenvalue weighted by Crippen LogP contribution is 2.02. The number of rotatable bonds is 11. The van der Waals surface area contributed by atoms with Crippen molar-refractivity contribution in [3.63, 3.8) is 0 Å². The zero-order valence-electron chi connectivity index (χ0n) is 11.5. The maximum atomic E-state index is 11.2. The van der Waals surface area contributed by atoms with Crippen molar-refractivity contribution in [3.8, 4) is 0 Å². The molecule has 0 N–H and O–H groups in total. The van der Waals surface area contributed by atoms with Gasteiger partial charge in [-0.2, -0.15) is 0 Å². The number of hydrogen-bond donors (Lipinski definition) is 0. The van der Waals surface area contributed by atoms with Gasteiger partial charge in [0.1, 0.15) is 0 Å². The Labute approximate surface area is 106 Å². The summed E-state index contributed by atoms with van der Waals surface area (Å²) in [7, 11) is 0. The van der Waals surface area contributed by atoms with E-state index in [0.717, 1.165) is 32.1 Å². The molecule has 0 saturated carbocycles. The van der Waals surface area contributed by atoms with Crippen molar-refractivity contribution in [3.05, 3.63) is 12.2 Å². The predicted molar refractivity (Wildman–Crippen MR) is 73.0 cm³/mol. The second kappa shape index (κ2) is 13.3. The third-order valence-corrected chi connectivity index (χ3v) is 2.67. The molecule has 0 fully saturated rings. The molecular weight excluding hydrogens is 212 g/mol. The summed E-state index contributed by atoms with van der Waals surface area (Å²) in [4.78, 5) is 11.2. The molecule has 0 radical (unpaired) electrons.